The second-order valence-electron chi connectivity index (χ2n) is 5.90. The van der Waals surface area contributed by atoms with Crippen molar-refractivity contribution in [1.29, 1.82) is 0 Å². The molecule has 130 valence electrons. The summed E-state index contributed by atoms with van der Waals surface area (Å²) in [5.74, 6) is 1.49. The van der Waals surface area contributed by atoms with Gasteiger partial charge in [-0.2, -0.15) is 0 Å². The molecule has 4 nitrogen and oxygen atoms in total. The highest BCUT2D eigenvalue weighted by molar-refractivity contribution is 7.09. The third-order valence-corrected chi connectivity index (χ3v) is 4.67. The minimum atomic E-state index is 0.269. The lowest BCUT2D eigenvalue weighted by Crippen LogP contribution is -2.20. The molecular formula is C19H26N2O2S. The number of methoxy groups -OCH3 is 1. The Balaban J connectivity index is 2.05. The van der Waals surface area contributed by atoms with Crippen LogP contribution in [0.1, 0.15) is 42.6 Å². The Labute approximate surface area is 148 Å². The first kappa shape index (κ1) is 18.5. The summed E-state index contributed by atoms with van der Waals surface area (Å²) in [5, 5.41) is 6.81. The van der Waals surface area contributed by atoms with Crippen LogP contribution in [0.5, 0.6) is 11.5 Å². The first-order valence-corrected chi connectivity index (χ1v) is 9.01. The van der Waals surface area contributed by atoms with Crippen molar-refractivity contribution in [2.24, 2.45) is 0 Å². The molecule has 0 bridgehead atoms. The van der Waals surface area contributed by atoms with Gasteiger partial charge in [0.1, 0.15) is 11.6 Å². The molecule has 1 aromatic heterocycles. The molecule has 2 rings (SSSR count). The van der Waals surface area contributed by atoms with E-state index in [1.54, 1.807) is 18.4 Å². The molecule has 1 heterocycles. The summed E-state index contributed by atoms with van der Waals surface area (Å²) in [5.41, 5.74) is 3.21. The highest BCUT2D eigenvalue weighted by Crippen LogP contribution is 2.29. The van der Waals surface area contributed by atoms with Gasteiger partial charge in [-0.3, -0.25) is 0 Å². The largest absolute Gasteiger partial charge is 0.493 e. The molecular weight excluding hydrogens is 320 g/mol. The lowest BCUT2D eigenvalue weighted by atomic mass is 10.1. The third-order valence-electron chi connectivity index (χ3n) is 3.60. The van der Waals surface area contributed by atoms with Crippen molar-refractivity contribution in [3.05, 3.63) is 52.0 Å². The van der Waals surface area contributed by atoms with Crippen molar-refractivity contribution in [3.63, 3.8) is 0 Å². The van der Waals surface area contributed by atoms with Gasteiger partial charge in [0.05, 0.1) is 13.2 Å². The van der Waals surface area contributed by atoms with Gasteiger partial charge in [0.2, 0.25) is 0 Å². The van der Waals surface area contributed by atoms with E-state index in [0.29, 0.717) is 6.61 Å². The fraction of sp³-hybridized carbons (Fsp3) is 0.421. The van der Waals surface area contributed by atoms with Crippen LogP contribution in [0.25, 0.3) is 0 Å². The van der Waals surface area contributed by atoms with Crippen molar-refractivity contribution in [2.75, 3.05) is 13.7 Å². The second-order valence-corrected chi connectivity index (χ2v) is 6.79. The number of nitrogens with zero attached hydrogens (tertiary/aromatic N) is 1. The lowest BCUT2D eigenvalue weighted by Gasteiger charge is -2.16. The van der Waals surface area contributed by atoms with Crippen LogP contribution in [0.2, 0.25) is 0 Å². The van der Waals surface area contributed by atoms with Crippen LogP contribution in [0.15, 0.2) is 35.7 Å². The number of aromatic nitrogens is 1. The fourth-order valence-electron chi connectivity index (χ4n) is 2.32. The zero-order valence-electron chi connectivity index (χ0n) is 14.9. The molecule has 0 aliphatic heterocycles. The number of rotatable bonds is 9. The van der Waals surface area contributed by atoms with Gasteiger partial charge in [-0.15, -0.1) is 11.3 Å². The van der Waals surface area contributed by atoms with Crippen LogP contribution in [-0.2, 0) is 6.54 Å². The average Bonchev–Trinajstić information content (AvgIpc) is 3.00. The Hall–Kier alpha value is -1.85. The highest BCUT2D eigenvalue weighted by Gasteiger charge is 2.13. The molecule has 1 unspecified atom stereocenters. The fourth-order valence-corrected chi connectivity index (χ4v) is 3.28. The van der Waals surface area contributed by atoms with E-state index in [9.17, 15) is 0 Å². The number of hydrogen-bond acceptors (Lipinski definition) is 5. The predicted molar refractivity (Wildman–Crippen MR) is 100 cm³/mol. The second kappa shape index (κ2) is 8.85. The highest BCUT2D eigenvalue weighted by atomic mass is 32.1. The van der Waals surface area contributed by atoms with E-state index in [4.69, 9.17) is 9.47 Å². The molecule has 1 N–H and O–H groups in total. The standard InChI is InChI=1S/C19H26N2O2S/c1-6-16(19-21-14(4)12-24-19)20-10-15-7-8-17(22-5)18(9-15)23-11-13(2)3/h7-9,12,16,20H,2,6,10-11H2,1,3-5H3. The Morgan fingerprint density at radius 1 is 1.38 bits per heavy atom. The predicted octanol–water partition coefficient (Wildman–Crippen LogP) is 4.66. The number of nitrogens with one attached hydrogen (secondary N) is 1. The summed E-state index contributed by atoms with van der Waals surface area (Å²) in [4.78, 5) is 4.59. The molecule has 0 radical (unpaired) electrons. The summed E-state index contributed by atoms with van der Waals surface area (Å²) in [6, 6.07) is 6.29. The van der Waals surface area contributed by atoms with Gasteiger partial charge in [-0.25, -0.2) is 4.98 Å². The minimum absolute atomic E-state index is 0.269. The van der Waals surface area contributed by atoms with Gasteiger partial charge in [-0.05, 0) is 43.5 Å². The maximum absolute atomic E-state index is 5.79. The number of benzene rings is 1. The molecule has 1 atom stereocenters. The van der Waals surface area contributed by atoms with Gasteiger partial charge in [0.25, 0.3) is 0 Å². The monoisotopic (exact) mass is 346 g/mol. The van der Waals surface area contributed by atoms with Crippen molar-refractivity contribution in [1.82, 2.24) is 10.3 Å². The number of aryl methyl sites for hydroxylation is 1. The topological polar surface area (TPSA) is 43.4 Å². The first-order valence-electron chi connectivity index (χ1n) is 8.13. The maximum Gasteiger partial charge on any atom is 0.161 e. The molecule has 0 saturated carbocycles. The van der Waals surface area contributed by atoms with Gasteiger partial charge in [-0.1, -0.05) is 19.6 Å². The summed E-state index contributed by atoms with van der Waals surface area (Å²) in [6.45, 7) is 11.3. The van der Waals surface area contributed by atoms with Gasteiger partial charge in [0.15, 0.2) is 11.5 Å². The average molecular weight is 346 g/mol. The Morgan fingerprint density at radius 2 is 2.17 bits per heavy atom. The molecule has 0 spiro atoms. The molecule has 1 aromatic carbocycles. The van der Waals surface area contributed by atoms with Gasteiger partial charge in [0, 0.05) is 17.6 Å². The molecule has 0 aliphatic carbocycles. The summed E-state index contributed by atoms with van der Waals surface area (Å²) < 4.78 is 11.2. The van der Waals surface area contributed by atoms with Crippen molar-refractivity contribution in [3.8, 4) is 11.5 Å². The van der Waals surface area contributed by atoms with E-state index in [1.165, 1.54) is 0 Å². The Bertz CT molecular complexity index is 682. The maximum atomic E-state index is 5.79. The zero-order valence-corrected chi connectivity index (χ0v) is 15.7. The molecule has 0 saturated heterocycles. The molecule has 5 heteroatoms. The summed E-state index contributed by atoms with van der Waals surface area (Å²) in [7, 11) is 1.65. The number of hydrogen-bond donors (Lipinski definition) is 1. The van der Waals surface area contributed by atoms with Gasteiger partial charge < -0.3 is 14.8 Å². The Morgan fingerprint density at radius 3 is 2.75 bits per heavy atom. The van der Waals surface area contributed by atoms with Crippen LogP contribution >= 0.6 is 11.3 Å². The van der Waals surface area contributed by atoms with Crippen molar-refractivity contribution >= 4 is 11.3 Å². The third kappa shape index (κ3) is 5.08. The van der Waals surface area contributed by atoms with Crippen LogP contribution in [0.4, 0.5) is 0 Å². The van der Waals surface area contributed by atoms with Crippen molar-refractivity contribution < 1.29 is 9.47 Å². The van der Waals surface area contributed by atoms with E-state index < -0.39 is 0 Å². The molecule has 0 fully saturated rings. The normalized spacial score (nSPS) is 12.0. The van der Waals surface area contributed by atoms with Crippen LogP contribution in [-0.4, -0.2) is 18.7 Å². The zero-order chi connectivity index (χ0) is 17.5. The van der Waals surface area contributed by atoms with E-state index in [1.807, 2.05) is 26.0 Å². The van der Waals surface area contributed by atoms with E-state index >= 15 is 0 Å². The minimum Gasteiger partial charge on any atom is -0.493 e. The first-order chi connectivity index (χ1) is 11.5. The van der Waals surface area contributed by atoms with Crippen LogP contribution < -0.4 is 14.8 Å². The van der Waals surface area contributed by atoms with Crippen LogP contribution in [0, 0.1) is 6.92 Å². The van der Waals surface area contributed by atoms with Gasteiger partial charge >= 0.3 is 0 Å². The summed E-state index contributed by atoms with van der Waals surface area (Å²) in [6.07, 6.45) is 1.00. The number of thiazole rings is 1. The smallest absolute Gasteiger partial charge is 0.161 e. The molecule has 0 aliphatic rings. The SMILES string of the molecule is C=C(C)COc1cc(CNC(CC)c2nc(C)cs2)ccc1OC. The quantitative estimate of drug-likeness (QED) is 0.671. The Kier molecular flexibility index (Phi) is 6.82. The molecule has 24 heavy (non-hydrogen) atoms. The van der Waals surface area contributed by atoms with E-state index in [2.05, 4.69) is 35.2 Å². The lowest BCUT2D eigenvalue weighted by molar-refractivity contribution is 0.319. The van der Waals surface area contributed by atoms with E-state index in [-0.39, 0.29) is 6.04 Å². The number of ether oxygens (including phenoxy) is 2. The van der Waals surface area contributed by atoms with Crippen molar-refractivity contribution in [2.45, 2.75) is 39.8 Å². The van der Waals surface area contributed by atoms with E-state index in [0.717, 1.165) is 46.3 Å². The molecule has 2 aromatic rings. The summed E-state index contributed by atoms with van der Waals surface area (Å²) >= 11 is 1.71. The van der Waals surface area contributed by atoms with Crippen LogP contribution in [0.3, 0.4) is 0 Å². The molecule has 0 amide bonds.